The normalized spacial score (nSPS) is 18.0. The van der Waals surface area contributed by atoms with Gasteiger partial charge in [0.1, 0.15) is 11.2 Å². The van der Waals surface area contributed by atoms with Crippen LogP contribution in [0.2, 0.25) is 0 Å². The van der Waals surface area contributed by atoms with Crippen molar-refractivity contribution in [1.29, 1.82) is 0 Å². The van der Waals surface area contributed by atoms with Crippen LogP contribution in [0.3, 0.4) is 0 Å². The largest absolute Gasteiger partial charge is 0.454 e. The highest BCUT2D eigenvalue weighted by molar-refractivity contribution is 7.00. The Kier molecular flexibility index (Phi) is 7.10. The highest BCUT2D eigenvalue weighted by atomic mass is 16.3. The van der Waals surface area contributed by atoms with Crippen LogP contribution in [0, 0.1) is 0 Å². The Bertz CT molecular complexity index is 7540. The molecule has 0 spiro atoms. The lowest BCUT2D eigenvalue weighted by molar-refractivity contribution is 0.590. The molecule has 466 valence electrons. The second-order valence-corrected chi connectivity index (χ2v) is 27.5. The minimum absolute atomic E-state index is 0.0700. The summed E-state index contributed by atoms with van der Waals surface area (Å²) in [6.45, 7) is 14.1. The van der Waals surface area contributed by atoms with Gasteiger partial charge in [0.05, 0.1) is 77.3 Å². The first kappa shape index (κ1) is 33.4. The van der Waals surface area contributed by atoms with E-state index in [9.17, 15) is 38.4 Å². The fourth-order valence-corrected chi connectivity index (χ4v) is 14.3. The molecule has 0 aliphatic carbocycles. The second kappa shape index (κ2) is 20.6. The second-order valence-electron chi connectivity index (χ2n) is 27.5. The fourth-order valence-electron chi connectivity index (χ4n) is 14.3. The molecule has 13 aromatic carbocycles. The molecule has 7 heteroatoms. The third-order valence-electron chi connectivity index (χ3n) is 18.6. The van der Waals surface area contributed by atoms with Gasteiger partial charge in [-0.05, 0) is 145 Å². The van der Waals surface area contributed by atoms with E-state index in [0.29, 0.717) is 0 Å². The first-order chi connectivity index (χ1) is 60.4. The SMILES string of the molecule is [2H]c1c([2H])c(-n2c3c([2H])c([2H])c([2H])c([2H])c3c3c([2H])c([2H])c([2H])c([2H])c32)c([2H])c2c1B1c3c(cc(C(C)(C)C)cc3N(c3c(-c4ccccc4)c([2H])c(C(C)(C)C)c4c3oc3c([2H])c([2H])c([2H])c([2H])c34)c3c([2H])c(-n4c5c([2H])c([2H])c([2H])c([2H])c5c5c([2H])c([2H])c([2H])c([2H])c54)c([2H])c([2H])c31)N2c1c(-c2ccccc2)c([2H])c(C(C)(C)C)c2c1oc1c([2H])c([2H])c([2H])c([2H])c12. The molecule has 0 bridgehead atoms. The summed E-state index contributed by atoms with van der Waals surface area (Å²) in [5.41, 5.74) is -11.4. The summed E-state index contributed by atoms with van der Waals surface area (Å²) in [6, 6.07) is -5.81. The van der Waals surface area contributed by atoms with Gasteiger partial charge in [-0.25, -0.2) is 0 Å². The molecule has 6 heterocycles. The Balaban J connectivity index is 1.14. The van der Waals surface area contributed by atoms with Crippen LogP contribution in [0.15, 0.2) is 275 Å². The maximum absolute atomic E-state index is 11.7. The summed E-state index contributed by atoms with van der Waals surface area (Å²) >= 11 is 0. The molecule has 0 unspecified atom stereocenters. The van der Waals surface area contributed by atoms with Gasteiger partial charge in [0.2, 0.25) is 0 Å². The van der Waals surface area contributed by atoms with Gasteiger partial charge in [0, 0.05) is 88.3 Å². The van der Waals surface area contributed by atoms with Gasteiger partial charge in [-0.3, -0.25) is 0 Å². The first-order valence-electron chi connectivity index (χ1n) is 47.6. The highest BCUT2D eigenvalue weighted by Crippen LogP contribution is 2.57. The minimum Gasteiger partial charge on any atom is -0.454 e. The lowest BCUT2D eigenvalue weighted by Gasteiger charge is -2.46. The molecule has 6 nitrogen and oxygen atoms in total. The molecule has 97 heavy (non-hydrogen) atoms. The quantitative estimate of drug-likeness (QED) is 0.156. The molecule has 4 aromatic heterocycles. The smallest absolute Gasteiger partial charge is 0.252 e. The summed E-state index contributed by atoms with van der Waals surface area (Å²) in [6.07, 6.45) is 0. The molecule has 0 N–H and O–H groups in total. The van der Waals surface area contributed by atoms with Crippen molar-refractivity contribution in [3.8, 4) is 33.6 Å². The van der Waals surface area contributed by atoms with Gasteiger partial charge in [0.25, 0.3) is 6.71 Å². The van der Waals surface area contributed by atoms with E-state index < -0.39 is 293 Å². The molecule has 2 aliphatic heterocycles. The van der Waals surface area contributed by atoms with Crippen LogP contribution >= 0.6 is 0 Å². The fraction of sp³-hybridized carbons (Fsp3) is 0.133. The lowest BCUT2D eigenvalue weighted by atomic mass is 9.33. The number of aromatic nitrogens is 2. The van der Waals surface area contributed by atoms with Crippen LogP contribution < -0.4 is 26.2 Å². The maximum Gasteiger partial charge on any atom is 0.252 e. The molecule has 0 atom stereocenters. The van der Waals surface area contributed by atoms with Crippen LogP contribution in [0.4, 0.5) is 34.1 Å². The van der Waals surface area contributed by atoms with E-state index in [4.69, 9.17) is 14.3 Å². The average Bonchev–Trinajstić information content (AvgIpc) is 1.57. The summed E-state index contributed by atoms with van der Waals surface area (Å²) in [5.74, 6) is 0. The molecule has 0 saturated carbocycles. The number of furan rings is 2. The van der Waals surface area contributed by atoms with Crippen LogP contribution in [-0.4, -0.2) is 15.8 Å². The minimum atomic E-state index is -2.02. The van der Waals surface area contributed by atoms with E-state index in [0.717, 1.165) is 9.13 Å². The molecule has 17 aromatic rings. The Morgan fingerprint density at radius 1 is 0.361 bits per heavy atom. The number of para-hydroxylation sites is 6. The Morgan fingerprint density at radius 2 is 0.711 bits per heavy atom. The van der Waals surface area contributed by atoms with Gasteiger partial charge in [-0.15, -0.1) is 0 Å². The molecule has 0 amide bonds. The van der Waals surface area contributed by atoms with Crippen LogP contribution in [-0.2, 0) is 16.2 Å². The van der Waals surface area contributed by atoms with E-state index in [1.807, 2.05) is 20.8 Å². The van der Waals surface area contributed by atoms with Crippen molar-refractivity contribution in [2.24, 2.45) is 0 Å². The van der Waals surface area contributed by atoms with Crippen molar-refractivity contribution in [2.45, 2.75) is 78.6 Å². The third kappa shape index (κ3) is 8.40. The molecular weight excluding hydrogens is 1180 g/mol. The number of hydrogen-bond acceptors (Lipinski definition) is 4. The topological polar surface area (TPSA) is 42.6 Å². The van der Waals surface area contributed by atoms with Gasteiger partial charge in [-0.2, -0.15) is 0 Å². The van der Waals surface area contributed by atoms with Crippen molar-refractivity contribution in [2.75, 3.05) is 9.80 Å². The zero-order valence-corrected chi connectivity index (χ0v) is 53.6. The summed E-state index contributed by atoms with van der Waals surface area (Å²) in [5, 5.41) is -2.60. The van der Waals surface area contributed by atoms with E-state index in [1.54, 1.807) is 114 Å². The number of rotatable bonds is 6. The number of anilines is 6. The predicted octanol–water partition coefficient (Wildman–Crippen LogP) is 23.0. The van der Waals surface area contributed by atoms with Crippen molar-refractivity contribution >= 4 is 145 Å². The van der Waals surface area contributed by atoms with Crippen LogP contribution in [0.1, 0.15) is 123 Å². The van der Waals surface area contributed by atoms with Gasteiger partial charge >= 0.3 is 0 Å². The molecule has 0 radical (unpaired) electrons. The number of nitrogens with zero attached hydrogens (tertiary/aromatic N) is 4. The average molecular weight is 1280 g/mol. The van der Waals surface area contributed by atoms with Crippen molar-refractivity contribution in [1.82, 2.24) is 9.13 Å². The molecule has 19 rings (SSSR count). The van der Waals surface area contributed by atoms with Gasteiger partial charge in [-0.1, -0.05) is 244 Å². The lowest BCUT2D eigenvalue weighted by Crippen LogP contribution is -2.61. The van der Waals surface area contributed by atoms with Crippen LogP contribution in [0.25, 0.3) is 121 Å². The van der Waals surface area contributed by atoms with E-state index in [-0.39, 0.29) is 112 Å². The van der Waals surface area contributed by atoms with Crippen LogP contribution in [0.5, 0.6) is 0 Å². The number of hydrogen-bond donors (Lipinski definition) is 0. The Labute approximate surface area is 609 Å². The van der Waals surface area contributed by atoms with Crippen molar-refractivity contribution < 1.29 is 52.7 Å². The number of fused-ring (bicyclic) bond motifs is 16. The maximum atomic E-state index is 11.7. The van der Waals surface area contributed by atoms with Gasteiger partial charge in [0.15, 0.2) is 11.2 Å². The van der Waals surface area contributed by atoms with Crippen molar-refractivity contribution in [3.63, 3.8) is 0 Å². The standard InChI is InChI=1S/C90H71BN4O2/c1-88(2,3)56-48-77-83-78(49-56)95(85-66(55-30-14-11-15-31-55)53-68(90(7,8)9)82-64-37-21-27-43-80(64)97-87(82)85)76-51-58(93-73-40-24-18-34-61(73)62-35-19-25-41-74(62)93)45-47-70(76)91(83)69-46-44-57(92-71-38-22-16-32-59(71)60-33-17-23-39-72(60)92)50-75(69)94(77)84-65(54-28-12-10-13-29-54)52-67(89(4,5)6)81-63-36-20-26-42-79(63)96-86(81)84/h10-53H,1-9H3/i16D,17D,18D,19D,20D,21D,22D,23D,24D,25D,26D,27D,32D,33D,34D,35D,36D,37D,38D,39D,40D,41D,42D,43D,44D,45D,46D,47D,50D,51D,52D,53D. The molecule has 0 saturated heterocycles. The van der Waals surface area contributed by atoms with Gasteiger partial charge < -0.3 is 27.8 Å². The third-order valence-corrected chi connectivity index (χ3v) is 18.6. The highest BCUT2D eigenvalue weighted by Gasteiger charge is 2.47. The van der Waals surface area contributed by atoms with E-state index >= 15 is 0 Å². The van der Waals surface area contributed by atoms with E-state index in [2.05, 4.69) is 0 Å². The monoisotopic (exact) mass is 1280 g/mol. The number of benzene rings is 13. The summed E-state index contributed by atoms with van der Waals surface area (Å²) in [7, 11) is 0. The molecule has 0 fully saturated rings. The van der Waals surface area contributed by atoms with Crippen molar-refractivity contribution in [3.05, 3.63) is 283 Å². The predicted molar refractivity (Wildman–Crippen MR) is 411 cm³/mol. The zero-order valence-electron chi connectivity index (χ0n) is 85.6. The zero-order chi connectivity index (χ0) is 93.4. The summed E-state index contributed by atoms with van der Waals surface area (Å²) in [4.78, 5) is 2.83. The Morgan fingerprint density at radius 3 is 1.07 bits per heavy atom. The van der Waals surface area contributed by atoms with E-state index in [1.165, 1.54) is 9.80 Å². The first-order valence-corrected chi connectivity index (χ1v) is 31.6. The summed E-state index contributed by atoms with van der Waals surface area (Å²) < 4.78 is 335. The Hall–Kier alpha value is -11.3. The molecular formula is C90H71BN4O2. The molecule has 2 aliphatic rings.